The highest BCUT2D eigenvalue weighted by atomic mass is 15.3. The summed E-state index contributed by atoms with van der Waals surface area (Å²) in [7, 11) is 0. The van der Waals surface area contributed by atoms with Gasteiger partial charge in [-0.05, 0) is 37.1 Å². The maximum absolute atomic E-state index is 4.69. The lowest BCUT2D eigenvalue weighted by molar-refractivity contribution is 0.512. The number of anilines is 1. The number of benzene rings is 1. The number of hydrogen-bond acceptors (Lipinski definition) is 4. The number of hydrogen-bond donors (Lipinski definition) is 3. The van der Waals surface area contributed by atoms with E-state index in [1.54, 1.807) is 0 Å². The Kier molecular flexibility index (Phi) is 6.84. The van der Waals surface area contributed by atoms with Gasteiger partial charge in [0, 0.05) is 31.0 Å². The highest BCUT2D eigenvalue weighted by molar-refractivity contribution is 5.79. The molecule has 0 radical (unpaired) electrons. The van der Waals surface area contributed by atoms with Crippen LogP contribution >= 0.6 is 0 Å². The van der Waals surface area contributed by atoms with E-state index in [4.69, 9.17) is 0 Å². The number of rotatable bonds is 8. The first-order chi connectivity index (χ1) is 13.7. The second-order valence-electron chi connectivity index (χ2n) is 6.98. The topological polar surface area (TPSA) is 78.6 Å². The van der Waals surface area contributed by atoms with Crippen molar-refractivity contribution in [3.63, 3.8) is 0 Å². The molecule has 0 saturated heterocycles. The molecule has 0 fully saturated rings. The van der Waals surface area contributed by atoms with Crippen LogP contribution in [0.15, 0.2) is 59.7 Å². The first-order valence-corrected chi connectivity index (χ1v) is 9.79. The van der Waals surface area contributed by atoms with Gasteiger partial charge in [-0.15, -0.1) is 10.2 Å². The maximum atomic E-state index is 4.69. The predicted molar refractivity (Wildman–Crippen MR) is 114 cm³/mol. The summed E-state index contributed by atoms with van der Waals surface area (Å²) in [6, 6.07) is 16.4. The molecule has 0 aliphatic heterocycles. The Morgan fingerprint density at radius 3 is 2.57 bits per heavy atom. The van der Waals surface area contributed by atoms with Crippen LogP contribution in [-0.2, 0) is 6.54 Å². The molecule has 1 unspecified atom stereocenters. The molecule has 0 amide bonds. The minimum atomic E-state index is 0.278. The van der Waals surface area contributed by atoms with Gasteiger partial charge in [-0.1, -0.05) is 38.1 Å². The molecule has 7 nitrogen and oxygen atoms in total. The van der Waals surface area contributed by atoms with Crippen LogP contribution in [0.5, 0.6) is 0 Å². The van der Waals surface area contributed by atoms with Gasteiger partial charge in [0.1, 0.15) is 6.54 Å². The van der Waals surface area contributed by atoms with Gasteiger partial charge in [0.25, 0.3) is 0 Å². The molecule has 2 heterocycles. The van der Waals surface area contributed by atoms with E-state index in [0.29, 0.717) is 12.5 Å². The summed E-state index contributed by atoms with van der Waals surface area (Å²) in [5.41, 5.74) is 1.96. The normalized spacial score (nSPS) is 12.9. The van der Waals surface area contributed by atoms with Crippen LogP contribution < -0.4 is 16.0 Å². The van der Waals surface area contributed by atoms with E-state index in [0.717, 1.165) is 36.2 Å². The fourth-order valence-electron chi connectivity index (χ4n) is 2.90. The van der Waals surface area contributed by atoms with Crippen molar-refractivity contribution in [1.82, 2.24) is 25.2 Å². The van der Waals surface area contributed by atoms with Crippen LogP contribution in [0.1, 0.15) is 26.6 Å². The Morgan fingerprint density at radius 1 is 1.04 bits per heavy atom. The summed E-state index contributed by atoms with van der Waals surface area (Å²) in [5.74, 6) is 2.06. The van der Waals surface area contributed by atoms with Gasteiger partial charge in [0.05, 0.1) is 0 Å². The summed E-state index contributed by atoms with van der Waals surface area (Å²) in [6.07, 6.45) is 1.96. The quantitative estimate of drug-likeness (QED) is 0.414. The number of guanidine groups is 1. The fourth-order valence-corrected chi connectivity index (χ4v) is 2.90. The molecule has 0 saturated carbocycles. The minimum absolute atomic E-state index is 0.278. The third-order valence-corrected chi connectivity index (χ3v) is 4.53. The average Bonchev–Trinajstić information content (AvgIpc) is 3.13. The van der Waals surface area contributed by atoms with E-state index in [-0.39, 0.29) is 6.04 Å². The summed E-state index contributed by atoms with van der Waals surface area (Å²) < 4.78 is 1.96. The van der Waals surface area contributed by atoms with Crippen LogP contribution in [0.3, 0.4) is 0 Å². The van der Waals surface area contributed by atoms with Gasteiger partial charge in [-0.3, -0.25) is 4.40 Å². The van der Waals surface area contributed by atoms with E-state index in [2.05, 4.69) is 64.0 Å². The van der Waals surface area contributed by atoms with E-state index in [1.807, 2.05) is 47.0 Å². The third kappa shape index (κ3) is 5.22. The molecule has 0 aliphatic carbocycles. The van der Waals surface area contributed by atoms with Crippen molar-refractivity contribution in [2.75, 3.05) is 18.4 Å². The lowest BCUT2D eigenvalue weighted by Gasteiger charge is -2.25. The molecule has 3 rings (SSSR count). The number of para-hydroxylation sites is 1. The molecule has 1 atom stereocenters. The molecule has 7 heteroatoms. The molecule has 1 aromatic carbocycles. The fraction of sp³-hybridized carbons (Fsp3) is 0.381. The molecule has 28 heavy (non-hydrogen) atoms. The van der Waals surface area contributed by atoms with Gasteiger partial charge >= 0.3 is 0 Å². The van der Waals surface area contributed by atoms with E-state index in [1.165, 1.54) is 0 Å². The lowest BCUT2D eigenvalue weighted by atomic mass is 10.0. The average molecular weight is 380 g/mol. The second kappa shape index (κ2) is 9.73. The molecular formula is C21H29N7. The number of fused-ring (bicyclic) bond motifs is 1. The summed E-state index contributed by atoms with van der Waals surface area (Å²) in [5, 5.41) is 18.8. The smallest absolute Gasteiger partial charge is 0.191 e. The molecule has 3 N–H and O–H groups in total. The van der Waals surface area contributed by atoms with Crippen molar-refractivity contribution in [2.45, 2.75) is 33.4 Å². The van der Waals surface area contributed by atoms with Crippen LogP contribution in [0.2, 0.25) is 0 Å². The van der Waals surface area contributed by atoms with Crippen LogP contribution in [0.4, 0.5) is 5.69 Å². The van der Waals surface area contributed by atoms with Gasteiger partial charge in [-0.2, -0.15) is 0 Å². The Balaban J connectivity index is 1.64. The van der Waals surface area contributed by atoms with E-state index >= 15 is 0 Å². The zero-order valence-electron chi connectivity index (χ0n) is 16.8. The Hall–Kier alpha value is -3.09. The molecule has 148 valence electrons. The van der Waals surface area contributed by atoms with Crippen molar-refractivity contribution in [1.29, 1.82) is 0 Å². The number of nitrogens with zero attached hydrogens (tertiary/aromatic N) is 4. The first-order valence-electron chi connectivity index (χ1n) is 9.79. The minimum Gasteiger partial charge on any atom is -0.380 e. The van der Waals surface area contributed by atoms with Gasteiger partial charge < -0.3 is 16.0 Å². The monoisotopic (exact) mass is 379 g/mol. The Bertz CT molecular complexity index is 886. The standard InChI is InChI=1S/C21H29N7/c1-4-22-21(24-15-20-27-26-19-12-8-9-13-28(19)20)23-14-18(16(2)3)25-17-10-6-5-7-11-17/h5-13,16,18,25H,4,14-15H2,1-3H3,(H2,22,23,24). The number of aromatic nitrogens is 3. The van der Waals surface area contributed by atoms with Gasteiger partial charge in [0.2, 0.25) is 0 Å². The first kappa shape index (κ1) is 19.7. The highest BCUT2D eigenvalue weighted by Gasteiger charge is 2.14. The molecule has 2 aromatic heterocycles. The molecule has 0 spiro atoms. The van der Waals surface area contributed by atoms with Crippen molar-refractivity contribution in [3.8, 4) is 0 Å². The Morgan fingerprint density at radius 2 is 1.82 bits per heavy atom. The number of aliphatic imine (C=N–C) groups is 1. The molecule has 0 aliphatic rings. The highest BCUT2D eigenvalue weighted by Crippen LogP contribution is 2.11. The summed E-state index contributed by atoms with van der Waals surface area (Å²) in [6.45, 7) is 8.51. The zero-order chi connectivity index (χ0) is 19.8. The number of nitrogens with one attached hydrogen (secondary N) is 3. The van der Waals surface area contributed by atoms with Crippen molar-refractivity contribution in [2.24, 2.45) is 10.9 Å². The van der Waals surface area contributed by atoms with E-state index in [9.17, 15) is 0 Å². The summed E-state index contributed by atoms with van der Waals surface area (Å²) >= 11 is 0. The molecule has 0 bridgehead atoms. The van der Waals surface area contributed by atoms with Gasteiger partial charge in [-0.25, -0.2) is 4.99 Å². The number of pyridine rings is 1. The zero-order valence-corrected chi connectivity index (χ0v) is 16.8. The van der Waals surface area contributed by atoms with Crippen LogP contribution in [0.25, 0.3) is 5.65 Å². The SMILES string of the molecule is CCNC(=NCc1nnc2ccccn12)NCC(Nc1ccccc1)C(C)C. The molecule has 3 aromatic rings. The Labute approximate surface area is 166 Å². The molecular weight excluding hydrogens is 350 g/mol. The van der Waals surface area contributed by atoms with Gasteiger partial charge in [0.15, 0.2) is 17.4 Å². The third-order valence-electron chi connectivity index (χ3n) is 4.53. The maximum Gasteiger partial charge on any atom is 0.191 e. The van der Waals surface area contributed by atoms with Crippen molar-refractivity contribution < 1.29 is 0 Å². The van der Waals surface area contributed by atoms with Crippen molar-refractivity contribution >= 4 is 17.3 Å². The summed E-state index contributed by atoms with van der Waals surface area (Å²) in [4.78, 5) is 4.69. The second-order valence-corrected chi connectivity index (χ2v) is 6.98. The largest absolute Gasteiger partial charge is 0.380 e. The van der Waals surface area contributed by atoms with E-state index < -0.39 is 0 Å². The van der Waals surface area contributed by atoms with Crippen LogP contribution in [0, 0.1) is 5.92 Å². The predicted octanol–water partition coefficient (Wildman–Crippen LogP) is 2.92. The van der Waals surface area contributed by atoms with Crippen molar-refractivity contribution in [3.05, 3.63) is 60.6 Å². The van der Waals surface area contributed by atoms with Crippen LogP contribution in [-0.4, -0.2) is 39.7 Å². The lowest BCUT2D eigenvalue weighted by Crippen LogP contribution is -2.44.